The molecular formula is C11H18N2. The SMILES string of the molecule is C=C/C=C(\C=C)C1CN(C)CCN1. The van der Waals surface area contributed by atoms with Crippen molar-refractivity contribution in [3.8, 4) is 0 Å². The Hall–Kier alpha value is -0.860. The van der Waals surface area contributed by atoms with Gasteiger partial charge in [0.1, 0.15) is 0 Å². The highest BCUT2D eigenvalue weighted by Crippen LogP contribution is 2.08. The van der Waals surface area contributed by atoms with Crippen LogP contribution in [0.15, 0.2) is 37.0 Å². The first-order valence-corrected chi connectivity index (χ1v) is 4.65. The summed E-state index contributed by atoms with van der Waals surface area (Å²) in [5.74, 6) is 0. The number of nitrogens with zero attached hydrogens (tertiary/aromatic N) is 1. The van der Waals surface area contributed by atoms with Crippen LogP contribution < -0.4 is 5.32 Å². The van der Waals surface area contributed by atoms with Crippen molar-refractivity contribution in [2.75, 3.05) is 26.7 Å². The van der Waals surface area contributed by atoms with Crippen LogP contribution in [0.25, 0.3) is 0 Å². The Morgan fingerprint density at radius 3 is 2.85 bits per heavy atom. The first-order chi connectivity index (χ1) is 6.27. The van der Waals surface area contributed by atoms with Gasteiger partial charge in [-0.15, -0.1) is 0 Å². The van der Waals surface area contributed by atoms with Crippen LogP contribution >= 0.6 is 0 Å². The molecule has 1 unspecified atom stereocenters. The molecule has 13 heavy (non-hydrogen) atoms. The molecule has 0 bridgehead atoms. The molecule has 1 aliphatic rings. The van der Waals surface area contributed by atoms with Crippen molar-refractivity contribution in [3.63, 3.8) is 0 Å². The van der Waals surface area contributed by atoms with Gasteiger partial charge in [-0.05, 0) is 12.6 Å². The van der Waals surface area contributed by atoms with Crippen molar-refractivity contribution in [1.29, 1.82) is 0 Å². The molecule has 1 rings (SSSR count). The summed E-state index contributed by atoms with van der Waals surface area (Å²) in [6.45, 7) is 10.7. The van der Waals surface area contributed by atoms with Crippen molar-refractivity contribution in [1.82, 2.24) is 10.2 Å². The van der Waals surface area contributed by atoms with E-state index in [1.54, 1.807) is 0 Å². The van der Waals surface area contributed by atoms with E-state index in [-0.39, 0.29) is 0 Å². The summed E-state index contributed by atoms with van der Waals surface area (Å²) < 4.78 is 0. The maximum Gasteiger partial charge on any atom is 0.0449 e. The molecule has 1 N–H and O–H groups in total. The lowest BCUT2D eigenvalue weighted by Crippen LogP contribution is -2.49. The number of rotatable bonds is 3. The zero-order chi connectivity index (χ0) is 9.68. The van der Waals surface area contributed by atoms with Gasteiger partial charge in [-0.2, -0.15) is 0 Å². The monoisotopic (exact) mass is 178 g/mol. The van der Waals surface area contributed by atoms with Gasteiger partial charge < -0.3 is 10.2 Å². The Kier molecular flexibility index (Phi) is 3.93. The van der Waals surface area contributed by atoms with Crippen LogP contribution in [0.4, 0.5) is 0 Å². The Balaban J connectivity index is 2.62. The van der Waals surface area contributed by atoms with E-state index in [2.05, 4.69) is 30.4 Å². The molecule has 1 fully saturated rings. The van der Waals surface area contributed by atoms with E-state index in [9.17, 15) is 0 Å². The van der Waals surface area contributed by atoms with Gasteiger partial charge in [0.15, 0.2) is 0 Å². The molecule has 72 valence electrons. The molecular weight excluding hydrogens is 160 g/mol. The molecule has 0 amide bonds. The minimum Gasteiger partial charge on any atom is -0.308 e. The van der Waals surface area contributed by atoms with E-state index in [0.717, 1.165) is 19.6 Å². The average molecular weight is 178 g/mol. The van der Waals surface area contributed by atoms with E-state index < -0.39 is 0 Å². The van der Waals surface area contributed by atoms with Gasteiger partial charge in [0.2, 0.25) is 0 Å². The first-order valence-electron chi connectivity index (χ1n) is 4.65. The summed E-state index contributed by atoms with van der Waals surface area (Å²) in [6.07, 6.45) is 5.73. The second-order valence-corrected chi connectivity index (χ2v) is 3.38. The fourth-order valence-corrected chi connectivity index (χ4v) is 1.58. The van der Waals surface area contributed by atoms with Crippen molar-refractivity contribution >= 4 is 0 Å². The molecule has 0 saturated carbocycles. The van der Waals surface area contributed by atoms with E-state index in [1.807, 2.05) is 18.2 Å². The second-order valence-electron chi connectivity index (χ2n) is 3.38. The summed E-state index contributed by atoms with van der Waals surface area (Å²) >= 11 is 0. The highest BCUT2D eigenvalue weighted by Gasteiger charge is 2.17. The lowest BCUT2D eigenvalue weighted by Gasteiger charge is -2.31. The van der Waals surface area contributed by atoms with Gasteiger partial charge >= 0.3 is 0 Å². The predicted molar refractivity (Wildman–Crippen MR) is 57.8 cm³/mol. The van der Waals surface area contributed by atoms with Crippen LogP contribution in [0.3, 0.4) is 0 Å². The van der Waals surface area contributed by atoms with E-state index in [4.69, 9.17) is 0 Å². The normalized spacial score (nSPS) is 25.6. The van der Waals surface area contributed by atoms with Gasteiger partial charge in [-0.1, -0.05) is 31.4 Å². The summed E-state index contributed by atoms with van der Waals surface area (Å²) in [4.78, 5) is 2.32. The van der Waals surface area contributed by atoms with Crippen molar-refractivity contribution in [2.24, 2.45) is 0 Å². The third-order valence-corrected chi connectivity index (χ3v) is 2.33. The van der Waals surface area contributed by atoms with Gasteiger partial charge in [-0.25, -0.2) is 0 Å². The quantitative estimate of drug-likeness (QED) is 0.653. The van der Waals surface area contributed by atoms with Gasteiger partial charge in [0, 0.05) is 25.7 Å². The zero-order valence-electron chi connectivity index (χ0n) is 8.29. The molecule has 0 aromatic rings. The Morgan fingerprint density at radius 1 is 1.54 bits per heavy atom. The lowest BCUT2D eigenvalue weighted by atomic mass is 10.0. The summed E-state index contributed by atoms with van der Waals surface area (Å²) in [5.41, 5.74) is 1.22. The summed E-state index contributed by atoms with van der Waals surface area (Å²) in [7, 11) is 2.14. The number of hydrogen-bond acceptors (Lipinski definition) is 2. The van der Waals surface area contributed by atoms with Crippen molar-refractivity contribution in [3.05, 3.63) is 37.0 Å². The van der Waals surface area contributed by atoms with Crippen LogP contribution in [0.5, 0.6) is 0 Å². The molecule has 0 aromatic carbocycles. The first kappa shape index (κ1) is 10.2. The third kappa shape index (κ3) is 2.83. The topological polar surface area (TPSA) is 15.3 Å². The van der Waals surface area contributed by atoms with E-state index in [1.165, 1.54) is 5.57 Å². The Labute approximate surface area is 80.6 Å². The van der Waals surface area contributed by atoms with Crippen LogP contribution in [-0.4, -0.2) is 37.6 Å². The predicted octanol–water partition coefficient (Wildman–Crippen LogP) is 1.19. The van der Waals surface area contributed by atoms with Crippen LogP contribution in [0.2, 0.25) is 0 Å². The molecule has 1 aliphatic heterocycles. The average Bonchev–Trinajstić information content (AvgIpc) is 2.14. The molecule has 0 spiro atoms. The Bertz CT molecular complexity index is 218. The van der Waals surface area contributed by atoms with E-state index in [0.29, 0.717) is 6.04 Å². The van der Waals surface area contributed by atoms with Crippen molar-refractivity contribution < 1.29 is 0 Å². The van der Waals surface area contributed by atoms with Gasteiger partial charge in [0.05, 0.1) is 0 Å². The van der Waals surface area contributed by atoms with Crippen molar-refractivity contribution in [2.45, 2.75) is 6.04 Å². The van der Waals surface area contributed by atoms with Crippen LogP contribution in [-0.2, 0) is 0 Å². The zero-order valence-corrected chi connectivity index (χ0v) is 8.29. The number of nitrogens with one attached hydrogen (secondary N) is 1. The highest BCUT2D eigenvalue weighted by molar-refractivity contribution is 5.27. The fraction of sp³-hybridized carbons (Fsp3) is 0.455. The minimum absolute atomic E-state index is 0.411. The molecule has 0 radical (unpaired) electrons. The second kappa shape index (κ2) is 5.00. The molecule has 1 saturated heterocycles. The molecule has 0 aliphatic carbocycles. The largest absolute Gasteiger partial charge is 0.308 e. The van der Waals surface area contributed by atoms with Crippen LogP contribution in [0.1, 0.15) is 0 Å². The molecule has 1 heterocycles. The summed E-state index contributed by atoms with van der Waals surface area (Å²) in [5, 5.41) is 3.46. The lowest BCUT2D eigenvalue weighted by molar-refractivity contribution is 0.257. The number of piperazine rings is 1. The number of hydrogen-bond donors (Lipinski definition) is 1. The van der Waals surface area contributed by atoms with Gasteiger partial charge in [0.25, 0.3) is 0 Å². The summed E-state index contributed by atoms with van der Waals surface area (Å²) in [6, 6.07) is 0.411. The molecule has 2 heteroatoms. The van der Waals surface area contributed by atoms with E-state index >= 15 is 0 Å². The number of allylic oxidation sites excluding steroid dienone is 2. The molecule has 0 aromatic heterocycles. The molecule has 1 atom stereocenters. The van der Waals surface area contributed by atoms with Crippen LogP contribution in [0, 0.1) is 0 Å². The molecule has 2 nitrogen and oxygen atoms in total. The van der Waals surface area contributed by atoms with Gasteiger partial charge in [-0.3, -0.25) is 0 Å². The maximum absolute atomic E-state index is 3.81. The fourth-order valence-electron chi connectivity index (χ4n) is 1.58. The third-order valence-electron chi connectivity index (χ3n) is 2.33. The Morgan fingerprint density at radius 2 is 2.31 bits per heavy atom. The minimum atomic E-state index is 0.411. The smallest absolute Gasteiger partial charge is 0.0449 e. The standard InChI is InChI=1S/C11H18N2/c1-4-6-10(5-2)11-9-13(3)8-7-12-11/h4-6,11-12H,1-2,7-9H2,3H3/b10-6+. The maximum atomic E-state index is 3.81. The highest BCUT2D eigenvalue weighted by atomic mass is 15.2. The number of likely N-dealkylation sites (N-methyl/N-ethyl adjacent to an activating group) is 1.